The standard InChI is InChI=1S/C21H23ClN6O/c1-15-10-11-17(14-18(15)22)28-19(25-26-27-28)21(12-6-3-7-13-21)24-20(29)23-16-8-4-2-5-9-16/h2,4-5,8-11,14H,3,6-7,12-13H2,1H3,(H2,23,24,29). The third-order valence-electron chi connectivity index (χ3n) is 5.39. The van der Waals surface area contributed by atoms with Gasteiger partial charge in [-0.05, 0) is 60.0 Å². The van der Waals surface area contributed by atoms with Crippen molar-refractivity contribution in [1.82, 2.24) is 25.5 Å². The summed E-state index contributed by atoms with van der Waals surface area (Å²) in [5.41, 5.74) is 1.85. The van der Waals surface area contributed by atoms with Crippen molar-refractivity contribution in [3.63, 3.8) is 0 Å². The first kappa shape index (κ1) is 19.4. The van der Waals surface area contributed by atoms with Crippen molar-refractivity contribution < 1.29 is 4.79 Å². The van der Waals surface area contributed by atoms with Crippen molar-refractivity contribution in [2.45, 2.75) is 44.6 Å². The summed E-state index contributed by atoms with van der Waals surface area (Å²) in [7, 11) is 0. The molecule has 1 aliphatic carbocycles. The SMILES string of the molecule is Cc1ccc(-n2nnnc2C2(NC(=O)Nc3ccccc3)CCCCC2)cc1Cl. The molecule has 0 spiro atoms. The van der Waals surface area contributed by atoms with Crippen LogP contribution in [-0.2, 0) is 5.54 Å². The van der Waals surface area contributed by atoms with Crippen molar-refractivity contribution in [2.75, 3.05) is 5.32 Å². The van der Waals surface area contributed by atoms with Gasteiger partial charge in [-0.15, -0.1) is 5.10 Å². The molecule has 1 saturated carbocycles. The van der Waals surface area contributed by atoms with Gasteiger partial charge in [0.1, 0.15) is 5.54 Å². The maximum Gasteiger partial charge on any atom is 0.320 e. The van der Waals surface area contributed by atoms with Gasteiger partial charge < -0.3 is 10.6 Å². The van der Waals surface area contributed by atoms with Crippen molar-refractivity contribution in [1.29, 1.82) is 0 Å². The zero-order valence-corrected chi connectivity index (χ0v) is 17.0. The zero-order chi connectivity index (χ0) is 20.3. The number of urea groups is 1. The lowest BCUT2D eigenvalue weighted by Gasteiger charge is -2.36. The van der Waals surface area contributed by atoms with E-state index in [0.717, 1.165) is 49.0 Å². The average molecular weight is 411 g/mol. The van der Waals surface area contributed by atoms with Gasteiger partial charge in [0, 0.05) is 10.7 Å². The molecular weight excluding hydrogens is 388 g/mol. The number of para-hydroxylation sites is 1. The van der Waals surface area contributed by atoms with Crippen LogP contribution >= 0.6 is 11.6 Å². The number of carbonyl (C=O) groups is 1. The van der Waals surface area contributed by atoms with Crippen LogP contribution in [0.1, 0.15) is 43.5 Å². The fourth-order valence-electron chi connectivity index (χ4n) is 3.83. The van der Waals surface area contributed by atoms with Crippen LogP contribution in [0.2, 0.25) is 5.02 Å². The van der Waals surface area contributed by atoms with Crippen LogP contribution in [-0.4, -0.2) is 26.2 Å². The molecule has 4 rings (SSSR count). The summed E-state index contributed by atoms with van der Waals surface area (Å²) >= 11 is 6.32. The number of nitrogens with one attached hydrogen (secondary N) is 2. The smallest absolute Gasteiger partial charge is 0.320 e. The van der Waals surface area contributed by atoms with Crippen molar-refractivity contribution in [2.24, 2.45) is 0 Å². The number of tetrazole rings is 1. The number of anilines is 1. The summed E-state index contributed by atoms with van der Waals surface area (Å²) in [6.07, 6.45) is 4.66. The number of aryl methyl sites for hydroxylation is 1. The van der Waals surface area contributed by atoms with E-state index in [1.807, 2.05) is 55.5 Å². The molecular formula is C21H23ClN6O. The summed E-state index contributed by atoms with van der Waals surface area (Å²) in [6, 6.07) is 14.8. The van der Waals surface area contributed by atoms with Gasteiger partial charge in [0.25, 0.3) is 0 Å². The number of aromatic nitrogens is 4. The molecule has 1 aromatic heterocycles. The number of benzene rings is 2. The summed E-state index contributed by atoms with van der Waals surface area (Å²) in [5, 5.41) is 19.1. The predicted octanol–water partition coefficient (Wildman–Crippen LogP) is 4.61. The fraction of sp³-hybridized carbons (Fsp3) is 0.333. The predicted molar refractivity (Wildman–Crippen MR) is 112 cm³/mol. The van der Waals surface area contributed by atoms with Crippen LogP contribution in [0.5, 0.6) is 0 Å². The minimum absolute atomic E-state index is 0.269. The number of rotatable bonds is 4. The molecule has 29 heavy (non-hydrogen) atoms. The lowest BCUT2D eigenvalue weighted by atomic mass is 9.81. The molecule has 0 saturated heterocycles. The first-order chi connectivity index (χ1) is 14.1. The second-order valence-corrected chi connectivity index (χ2v) is 7.84. The molecule has 8 heteroatoms. The Balaban J connectivity index is 1.66. The lowest BCUT2D eigenvalue weighted by Crippen LogP contribution is -2.50. The quantitative estimate of drug-likeness (QED) is 0.658. The van der Waals surface area contributed by atoms with Gasteiger partial charge in [-0.2, -0.15) is 4.68 Å². The van der Waals surface area contributed by atoms with Crippen molar-refractivity contribution in [3.8, 4) is 5.69 Å². The van der Waals surface area contributed by atoms with Gasteiger partial charge >= 0.3 is 6.03 Å². The van der Waals surface area contributed by atoms with Crippen LogP contribution in [0.15, 0.2) is 48.5 Å². The van der Waals surface area contributed by atoms with E-state index >= 15 is 0 Å². The van der Waals surface area contributed by atoms with E-state index in [1.54, 1.807) is 4.68 Å². The minimum atomic E-state index is -0.641. The molecule has 1 fully saturated rings. The second kappa shape index (κ2) is 8.21. The number of carbonyl (C=O) groups excluding carboxylic acids is 1. The number of halogens is 1. The van der Waals surface area contributed by atoms with Gasteiger partial charge in [-0.25, -0.2) is 4.79 Å². The summed E-state index contributed by atoms with van der Waals surface area (Å²) < 4.78 is 1.68. The molecule has 150 valence electrons. The van der Waals surface area contributed by atoms with Crippen molar-refractivity contribution in [3.05, 3.63) is 64.9 Å². The van der Waals surface area contributed by atoms with E-state index in [0.29, 0.717) is 10.8 Å². The molecule has 0 unspecified atom stereocenters. The molecule has 2 amide bonds. The second-order valence-electron chi connectivity index (χ2n) is 7.44. The maximum atomic E-state index is 12.8. The molecule has 2 N–H and O–H groups in total. The summed E-state index contributed by atoms with van der Waals surface area (Å²) in [4.78, 5) is 12.8. The zero-order valence-electron chi connectivity index (χ0n) is 16.2. The highest BCUT2D eigenvalue weighted by atomic mass is 35.5. The van der Waals surface area contributed by atoms with Crippen LogP contribution < -0.4 is 10.6 Å². The van der Waals surface area contributed by atoms with Gasteiger partial charge in [0.05, 0.1) is 5.69 Å². The molecule has 1 heterocycles. The molecule has 0 bridgehead atoms. The fourth-order valence-corrected chi connectivity index (χ4v) is 4.01. The van der Waals surface area contributed by atoms with Gasteiger partial charge in [0.15, 0.2) is 5.82 Å². The number of nitrogens with zero attached hydrogens (tertiary/aromatic N) is 4. The van der Waals surface area contributed by atoms with E-state index in [-0.39, 0.29) is 6.03 Å². The molecule has 0 aliphatic heterocycles. The Morgan fingerprint density at radius 2 is 1.86 bits per heavy atom. The Bertz CT molecular complexity index is 997. The highest BCUT2D eigenvalue weighted by Crippen LogP contribution is 2.37. The molecule has 1 aliphatic rings. The van der Waals surface area contributed by atoms with Gasteiger partial charge in [-0.1, -0.05) is 55.1 Å². The van der Waals surface area contributed by atoms with Crippen LogP contribution in [0.3, 0.4) is 0 Å². The first-order valence-corrected chi connectivity index (χ1v) is 10.1. The number of hydrogen-bond donors (Lipinski definition) is 2. The molecule has 3 aromatic rings. The number of hydrogen-bond acceptors (Lipinski definition) is 4. The van der Waals surface area contributed by atoms with Gasteiger partial charge in [-0.3, -0.25) is 0 Å². The average Bonchev–Trinajstić information content (AvgIpc) is 3.22. The molecule has 0 radical (unpaired) electrons. The molecule has 2 aromatic carbocycles. The van der Waals surface area contributed by atoms with Crippen LogP contribution in [0.4, 0.5) is 10.5 Å². The van der Waals surface area contributed by atoms with E-state index in [9.17, 15) is 4.79 Å². The Morgan fingerprint density at radius 3 is 2.59 bits per heavy atom. The lowest BCUT2D eigenvalue weighted by molar-refractivity contribution is 0.204. The minimum Gasteiger partial charge on any atom is -0.325 e. The maximum absolute atomic E-state index is 12.8. The van der Waals surface area contributed by atoms with E-state index < -0.39 is 5.54 Å². The van der Waals surface area contributed by atoms with E-state index in [1.165, 1.54) is 0 Å². The van der Waals surface area contributed by atoms with E-state index in [4.69, 9.17) is 11.6 Å². The van der Waals surface area contributed by atoms with Crippen LogP contribution in [0.25, 0.3) is 5.69 Å². The Kier molecular flexibility index (Phi) is 5.49. The molecule has 7 nitrogen and oxygen atoms in total. The van der Waals surface area contributed by atoms with Gasteiger partial charge in [0.2, 0.25) is 0 Å². The highest BCUT2D eigenvalue weighted by molar-refractivity contribution is 6.31. The third kappa shape index (κ3) is 4.10. The number of amides is 2. The van der Waals surface area contributed by atoms with E-state index in [2.05, 4.69) is 26.2 Å². The molecule has 0 atom stereocenters. The summed E-state index contributed by atoms with van der Waals surface area (Å²) in [5.74, 6) is 0.625. The van der Waals surface area contributed by atoms with Crippen molar-refractivity contribution >= 4 is 23.3 Å². The Labute approximate surface area is 174 Å². The topological polar surface area (TPSA) is 84.7 Å². The normalized spacial score (nSPS) is 15.7. The largest absolute Gasteiger partial charge is 0.325 e. The first-order valence-electron chi connectivity index (χ1n) is 9.77. The monoisotopic (exact) mass is 410 g/mol. The third-order valence-corrected chi connectivity index (χ3v) is 5.80. The van der Waals surface area contributed by atoms with Crippen LogP contribution in [0, 0.1) is 6.92 Å². The Morgan fingerprint density at radius 1 is 1.10 bits per heavy atom. The summed E-state index contributed by atoms with van der Waals surface area (Å²) in [6.45, 7) is 1.95. The highest BCUT2D eigenvalue weighted by Gasteiger charge is 2.40. The Hall–Kier alpha value is -2.93.